The van der Waals surface area contributed by atoms with Crippen molar-refractivity contribution >= 4 is 32.4 Å². The highest BCUT2D eigenvalue weighted by atomic mass is 32.2. The maximum atomic E-state index is 12.5. The minimum absolute atomic E-state index is 0.111. The van der Waals surface area contributed by atoms with Crippen LogP contribution in [0.25, 0.3) is 11.3 Å². The first-order valence-electron chi connectivity index (χ1n) is 9.01. The van der Waals surface area contributed by atoms with Crippen LogP contribution >= 0.6 is 11.3 Å². The zero-order valence-electron chi connectivity index (χ0n) is 16.7. The Morgan fingerprint density at radius 2 is 1.62 bits per heavy atom. The van der Waals surface area contributed by atoms with Gasteiger partial charge in [0.25, 0.3) is 5.91 Å². The lowest BCUT2D eigenvalue weighted by molar-refractivity contribution is 0.102. The van der Waals surface area contributed by atoms with Gasteiger partial charge in [-0.05, 0) is 52.0 Å². The Morgan fingerprint density at radius 3 is 2.21 bits per heavy atom. The molecule has 1 aromatic heterocycles. The normalized spacial score (nSPS) is 12.0. The Morgan fingerprint density at radius 1 is 1.00 bits per heavy atom. The van der Waals surface area contributed by atoms with Gasteiger partial charge in [0.1, 0.15) is 0 Å². The van der Waals surface area contributed by atoms with Gasteiger partial charge < -0.3 is 0 Å². The Labute approximate surface area is 175 Å². The van der Waals surface area contributed by atoms with E-state index >= 15 is 0 Å². The number of hydrogen-bond acceptors (Lipinski definition) is 5. The van der Waals surface area contributed by atoms with Crippen molar-refractivity contribution < 1.29 is 13.2 Å². The molecule has 0 fully saturated rings. The van der Waals surface area contributed by atoms with Gasteiger partial charge in [-0.1, -0.05) is 29.8 Å². The second-order valence-corrected chi connectivity index (χ2v) is 10.3. The molecule has 3 aromatic rings. The van der Waals surface area contributed by atoms with E-state index in [2.05, 4.69) is 15.0 Å². The van der Waals surface area contributed by atoms with Crippen molar-refractivity contribution in [2.45, 2.75) is 38.1 Å². The van der Waals surface area contributed by atoms with Gasteiger partial charge >= 0.3 is 0 Å². The van der Waals surface area contributed by atoms with Gasteiger partial charge in [-0.3, -0.25) is 10.1 Å². The highest BCUT2D eigenvalue weighted by Gasteiger charge is 2.22. The molecule has 3 rings (SSSR count). The number of thiazole rings is 1. The Bertz CT molecular complexity index is 1110. The number of sulfonamides is 1. The van der Waals surface area contributed by atoms with Crippen LogP contribution in [0.15, 0.2) is 58.8 Å². The number of aryl methyl sites for hydroxylation is 1. The maximum Gasteiger partial charge on any atom is 0.257 e. The summed E-state index contributed by atoms with van der Waals surface area (Å²) < 4.78 is 27.3. The van der Waals surface area contributed by atoms with Crippen LogP contribution < -0.4 is 10.0 Å². The number of benzene rings is 2. The molecule has 1 heterocycles. The molecule has 0 bridgehead atoms. The predicted octanol–water partition coefficient (Wildman–Crippen LogP) is 4.45. The molecule has 2 aromatic carbocycles. The SMILES string of the molecule is Cc1ccc(-c2csc(NC(=O)c3ccc(S(=O)(=O)NC(C)(C)C)cc3)n2)cc1. The van der Waals surface area contributed by atoms with Crippen molar-refractivity contribution in [3.05, 3.63) is 65.0 Å². The number of carbonyl (C=O) groups is 1. The van der Waals surface area contributed by atoms with Gasteiger partial charge in [-0.15, -0.1) is 11.3 Å². The quantitative estimate of drug-likeness (QED) is 0.627. The molecular formula is C21H23N3O3S2. The molecule has 8 heteroatoms. The molecule has 152 valence electrons. The lowest BCUT2D eigenvalue weighted by Gasteiger charge is -2.20. The molecule has 0 aliphatic heterocycles. The van der Waals surface area contributed by atoms with Gasteiger partial charge in [0.05, 0.1) is 10.6 Å². The molecule has 0 saturated carbocycles. The molecule has 0 spiro atoms. The van der Waals surface area contributed by atoms with Crippen molar-refractivity contribution in [2.24, 2.45) is 0 Å². The number of hydrogen-bond donors (Lipinski definition) is 2. The van der Waals surface area contributed by atoms with E-state index in [1.54, 1.807) is 20.8 Å². The fraction of sp³-hybridized carbons (Fsp3) is 0.238. The van der Waals surface area contributed by atoms with E-state index in [9.17, 15) is 13.2 Å². The monoisotopic (exact) mass is 429 g/mol. The third-order valence-electron chi connectivity index (χ3n) is 3.94. The van der Waals surface area contributed by atoms with Crippen molar-refractivity contribution in [1.82, 2.24) is 9.71 Å². The first-order chi connectivity index (χ1) is 13.5. The van der Waals surface area contributed by atoms with Gasteiger partial charge in [0.15, 0.2) is 5.13 Å². The minimum atomic E-state index is -3.64. The van der Waals surface area contributed by atoms with Crippen molar-refractivity contribution in [2.75, 3.05) is 5.32 Å². The highest BCUT2D eigenvalue weighted by molar-refractivity contribution is 7.89. The Kier molecular flexibility index (Phi) is 5.88. The van der Waals surface area contributed by atoms with Crippen LogP contribution in [0.3, 0.4) is 0 Å². The van der Waals surface area contributed by atoms with Crippen LogP contribution in [-0.4, -0.2) is 24.8 Å². The summed E-state index contributed by atoms with van der Waals surface area (Å²) in [5, 5.41) is 5.13. The van der Waals surface area contributed by atoms with Crippen LogP contribution in [0.1, 0.15) is 36.7 Å². The maximum absolute atomic E-state index is 12.5. The smallest absolute Gasteiger partial charge is 0.257 e. The third kappa shape index (κ3) is 5.50. The number of nitrogens with one attached hydrogen (secondary N) is 2. The lowest BCUT2D eigenvalue weighted by atomic mass is 10.1. The molecule has 29 heavy (non-hydrogen) atoms. The van der Waals surface area contributed by atoms with Crippen LogP contribution in [0, 0.1) is 6.92 Å². The number of amides is 1. The summed E-state index contributed by atoms with van der Waals surface area (Å²) in [5.41, 5.74) is 2.70. The molecule has 0 aliphatic rings. The molecule has 0 aliphatic carbocycles. The van der Waals surface area contributed by atoms with Gasteiger partial charge in [-0.2, -0.15) is 0 Å². The van der Waals surface area contributed by atoms with Crippen LogP contribution in [0.2, 0.25) is 0 Å². The van der Waals surface area contributed by atoms with E-state index in [1.165, 1.54) is 41.2 Å². The Hall–Kier alpha value is -2.55. The molecule has 0 atom stereocenters. The predicted molar refractivity (Wildman–Crippen MR) is 117 cm³/mol. The molecule has 0 saturated heterocycles. The molecule has 0 radical (unpaired) electrons. The van der Waals surface area contributed by atoms with E-state index < -0.39 is 15.6 Å². The topological polar surface area (TPSA) is 88.2 Å². The second-order valence-electron chi connectivity index (χ2n) is 7.74. The average molecular weight is 430 g/mol. The minimum Gasteiger partial charge on any atom is -0.298 e. The fourth-order valence-electron chi connectivity index (χ4n) is 2.60. The van der Waals surface area contributed by atoms with Gasteiger partial charge in [-0.25, -0.2) is 18.1 Å². The van der Waals surface area contributed by atoms with Crippen LogP contribution in [0.5, 0.6) is 0 Å². The zero-order chi connectivity index (χ0) is 21.2. The van der Waals surface area contributed by atoms with Crippen LogP contribution in [-0.2, 0) is 10.0 Å². The summed E-state index contributed by atoms with van der Waals surface area (Å²) in [5.74, 6) is -0.345. The van der Waals surface area contributed by atoms with Crippen molar-refractivity contribution in [3.63, 3.8) is 0 Å². The molecule has 1 amide bonds. The summed E-state index contributed by atoms with van der Waals surface area (Å²) in [4.78, 5) is 17.0. The highest BCUT2D eigenvalue weighted by Crippen LogP contribution is 2.25. The van der Waals surface area contributed by atoms with Gasteiger partial charge in [0.2, 0.25) is 10.0 Å². The molecule has 2 N–H and O–H groups in total. The van der Waals surface area contributed by atoms with E-state index in [4.69, 9.17) is 0 Å². The molecule has 6 nitrogen and oxygen atoms in total. The third-order valence-corrected chi connectivity index (χ3v) is 6.47. The van der Waals surface area contributed by atoms with Gasteiger partial charge in [0, 0.05) is 22.0 Å². The number of carbonyl (C=O) groups excluding carboxylic acids is 1. The second kappa shape index (κ2) is 8.06. The first kappa shape index (κ1) is 21.2. The van der Waals surface area contributed by atoms with Crippen molar-refractivity contribution in [1.29, 1.82) is 0 Å². The Balaban J connectivity index is 1.71. The number of aromatic nitrogens is 1. The van der Waals surface area contributed by atoms with E-state index in [1.807, 2.05) is 36.6 Å². The fourth-order valence-corrected chi connectivity index (χ4v) is 4.74. The summed E-state index contributed by atoms with van der Waals surface area (Å²) in [6, 6.07) is 13.8. The largest absolute Gasteiger partial charge is 0.298 e. The first-order valence-corrected chi connectivity index (χ1v) is 11.4. The van der Waals surface area contributed by atoms with E-state index in [0.29, 0.717) is 10.7 Å². The standard InChI is InChI=1S/C21H23N3O3S2/c1-14-5-7-15(8-6-14)18-13-28-20(22-18)23-19(25)16-9-11-17(12-10-16)29(26,27)24-21(2,3)4/h5-13,24H,1-4H3,(H,22,23,25). The lowest BCUT2D eigenvalue weighted by Crippen LogP contribution is -2.40. The zero-order valence-corrected chi connectivity index (χ0v) is 18.3. The molecular weight excluding hydrogens is 406 g/mol. The van der Waals surface area contributed by atoms with Crippen LogP contribution in [0.4, 0.5) is 5.13 Å². The summed E-state index contributed by atoms with van der Waals surface area (Å²) >= 11 is 1.34. The molecule has 0 unspecified atom stereocenters. The summed E-state index contributed by atoms with van der Waals surface area (Å²) in [7, 11) is -3.64. The average Bonchev–Trinajstić information content (AvgIpc) is 3.09. The summed E-state index contributed by atoms with van der Waals surface area (Å²) in [6.45, 7) is 7.33. The number of rotatable bonds is 5. The number of nitrogens with zero attached hydrogens (tertiary/aromatic N) is 1. The van der Waals surface area contributed by atoms with E-state index in [0.717, 1.165) is 11.3 Å². The van der Waals surface area contributed by atoms with Crippen molar-refractivity contribution in [3.8, 4) is 11.3 Å². The summed E-state index contributed by atoms with van der Waals surface area (Å²) in [6.07, 6.45) is 0. The number of anilines is 1. The van der Waals surface area contributed by atoms with E-state index in [-0.39, 0.29) is 10.8 Å².